The SMILES string of the molecule is CC(=O)NCCCCCNC(=O)CCC(=O)N(O)CCCCCNC(=O)CCC(=O)N(O)CCCCCNC(C)=O. The molecule has 0 aliphatic carbocycles. The summed E-state index contributed by atoms with van der Waals surface area (Å²) in [6.07, 6.45) is 6.10. The number of hydrogen-bond donors (Lipinski definition) is 6. The lowest BCUT2D eigenvalue weighted by Crippen LogP contribution is -2.31. The van der Waals surface area contributed by atoms with Gasteiger partial charge in [-0.1, -0.05) is 0 Å². The normalized spacial score (nSPS) is 10.4. The zero-order valence-corrected chi connectivity index (χ0v) is 24.7. The third-order valence-electron chi connectivity index (χ3n) is 6.05. The number of hydrogen-bond acceptors (Lipinski definition) is 8. The Morgan fingerprint density at radius 3 is 1.12 bits per heavy atom. The Hall–Kier alpha value is -3.26. The summed E-state index contributed by atoms with van der Waals surface area (Å²) in [6, 6.07) is 0. The minimum absolute atomic E-state index is 0.00963. The topological polar surface area (TPSA) is 197 Å². The third-order valence-corrected chi connectivity index (χ3v) is 6.05. The Balaban J connectivity index is 3.73. The first-order valence-electron chi connectivity index (χ1n) is 14.5. The first-order chi connectivity index (χ1) is 19.5. The van der Waals surface area contributed by atoms with E-state index in [9.17, 15) is 39.2 Å². The van der Waals surface area contributed by atoms with Gasteiger partial charge in [-0.05, 0) is 57.8 Å². The maximum Gasteiger partial charge on any atom is 0.246 e. The number of hydroxylamine groups is 4. The Kier molecular flexibility index (Phi) is 22.6. The van der Waals surface area contributed by atoms with Gasteiger partial charge < -0.3 is 21.3 Å². The molecule has 0 spiro atoms. The van der Waals surface area contributed by atoms with E-state index in [1.807, 2.05) is 0 Å². The Morgan fingerprint density at radius 2 is 0.780 bits per heavy atom. The molecule has 0 aromatic heterocycles. The van der Waals surface area contributed by atoms with Crippen LogP contribution in [-0.2, 0) is 28.8 Å². The lowest BCUT2D eigenvalue weighted by atomic mass is 10.2. The minimum atomic E-state index is -0.531. The highest BCUT2D eigenvalue weighted by atomic mass is 16.5. The molecule has 0 bridgehead atoms. The number of nitrogens with one attached hydrogen (secondary N) is 4. The van der Waals surface area contributed by atoms with Crippen molar-refractivity contribution in [2.45, 2.75) is 97.3 Å². The van der Waals surface area contributed by atoms with Gasteiger partial charge in [0.25, 0.3) is 0 Å². The molecule has 236 valence electrons. The molecular formula is C27H50N6O8. The highest BCUT2D eigenvalue weighted by Crippen LogP contribution is 2.03. The number of rotatable bonds is 24. The van der Waals surface area contributed by atoms with Crippen LogP contribution in [-0.4, -0.2) is 95.3 Å². The number of amides is 6. The van der Waals surface area contributed by atoms with Crippen molar-refractivity contribution in [1.82, 2.24) is 31.4 Å². The molecule has 14 nitrogen and oxygen atoms in total. The van der Waals surface area contributed by atoms with E-state index >= 15 is 0 Å². The first-order valence-corrected chi connectivity index (χ1v) is 14.5. The summed E-state index contributed by atoms with van der Waals surface area (Å²) >= 11 is 0. The van der Waals surface area contributed by atoms with E-state index in [-0.39, 0.29) is 62.4 Å². The lowest BCUT2D eigenvalue weighted by molar-refractivity contribution is -0.166. The van der Waals surface area contributed by atoms with Gasteiger partial charge >= 0.3 is 0 Å². The van der Waals surface area contributed by atoms with Gasteiger partial charge in [-0.25, -0.2) is 10.1 Å². The Morgan fingerprint density at radius 1 is 0.463 bits per heavy atom. The van der Waals surface area contributed by atoms with E-state index in [0.717, 1.165) is 32.1 Å². The number of carbonyl (C=O) groups excluding carboxylic acids is 6. The number of nitrogens with zero attached hydrogens (tertiary/aromatic N) is 2. The van der Waals surface area contributed by atoms with Crippen molar-refractivity contribution in [1.29, 1.82) is 0 Å². The van der Waals surface area contributed by atoms with E-state index in [2.05, 4.69) is 21.3 Å². The summed E-state index contributed by atoms with van der Waals surface area (Å²) in [5, 5.41) is 31.7. The van der Waals surface area contributed by atoms with Crippen LogP contribution in [0.4, 0.5) is 0 Å². The largest absolute Gasteiger partial charge is 0.356 e. The molecule has 0 atom stereocenters. The lowest BCUT2D eigenvalue weighted by Gasteiger charge is -2.15. The van der Waals surface area contributed by atoms with Crippen molar-refractivity contribution in [2.75, 3.05) is 39.3 Å². The molecule has 0 heterocycles. The van der Waals surface area contributed by atoms with Crippen molar-refractivity contribution in [2.24, 2.45) is 0 Å². The van der Waals surface area contributed by atoms with E-state index < -0.39 is 11.8 Å². The van der Waals surface area contributed by atoms with Gasteiger partial charge in [-0.15, -0.1) is 0 Å². The summed E-state index contributed by atoms with van der Waals surface area (Å²) in [7, 11) is 0. The van der Waals surface area contributed by atoms with Crippen LogP contribution in [0, 0.1) is 0 Å². The molecule has 0 saturated heterocycles. The van der Waals surface area contributed by atoms with Crippen molar-refractivity contribution in [3.63, 3.8) is 0 Å². The average molecular weight is 587 g/mol. The highest BCUT2D eigenvalue weighted by molar-refractivity contribution is 5.83. The van der Waals surface area contributed by atoms with Gasteiger partial charge in [0.2, 0.25) is 35.4 Å². The van der Waals surface area contributed by atoms with Crippen LogP contribution in [0.1, 0.15) is 97.3 Å². The third kappa shape index (κ3) is 24.3. The second-order valence-corrected chi connectivity index (χ2v) is 9.88. The van der Waals surface area contributed by atoms with Crippen LogP contribution in [0.25, 0.3) is 0 Å². The molecule has 0 aliphatic rings. The van der Waals surface area contributed by atoms with Gasteiger partial charge in [0, 0.05) is 78.8 Å². The molecule has 41 heavy (non-hydrogen) atoms. The van der Waals surface area contributed by atoms with Gasteiger partial charge in [0.15, 0.2) is 0 Å². The Bertz CT molecular complexity index is 811. The summed E-state index contributed by atoms with van der Waals surface area (Å²) in [6.45, 7) is 5.23. The van der Waals surface area contributed by atoms with Crippen molar-refractivity contribution < 1.29 is 39.2 Å². The fourth-order valence-corrected chi connectivity index (χ4v) is 3.66. The van der Waals surface area contributed by atoms with E-state index in [1.54, 1.807) is 0 Å². The monoisotopic (exact) mass is 586 g/mol. The molecule has 14 heteroatoms. The quantitative estimate of drug-likeness (QED) is 0.0547. The first kappa shape index (κ1) is 37.7. The fourth-order valence-electron chi connectivity index (χ4n) is 3.66. The van der Waals surface area contributed by atoms with E-state index in [1.165, 1.54) is 13.8 Å². The summed E-state index contributed by atoms with van der Waals surface area (Å²) in [4.78, 5) is 69.2. The molecule has 0 aliphatic heterocycles. The zero-order chi connectivity index (χ0) is 30.9. The van der Waals surface area contributed by atoms with Crippen LogP contribution < -0.4 is 21.3 Å². The molecule has 0 aromatic carbocycles. The van der Waals surface area contributed by atoms with Crippen molar-refractivity contribution >= 4 is 35.4 Å². The maximum absolute atomic E-state index is 12.0. The fraction of sp³-hybridized carbons (Fsp3) is 0.778. The van der Waals surface area contributed by atoms with Crippen LogP contribution >= 0.6 is 0 Å². The van der Waals surface area contributed by atoms with Gasteiger partial charge in [-0.2, -0.15) is 0 Å². The summed E-state index contributed by atoms with van der Waals surface area (Å²) in [5.41, 5.74) is 0. The second kappa shape index (κ2) is 24.5. The molecule has 0 aromatic rings. The summed E-state index contributed by atoms with van der Waals surface area (Å²) < 4.78 is 0. The standard InChI is InChI=1S/C27H50N6O8/c1-22(34)28-16-6-3-7-18-30-24(36)12-14-27(39)33(41)21-11-5-9-19-31-25(37)13-15-26(38)32(40)20-10-4-8-17-29-23(2)35/h40-41H,3-21H2,1-2H3,(H,28,34)(H,29,35)(H,30,36)(H,31,37). The predicted octanol–water partition coefficient (Wildman–Crippen LogP) is 0.998. The van der Waals surface area contributed by atoms with Gasteiger partial charge in [0.1, 0.15) is 0 Å². The van der Waals surface area contributed by atoms with Crippen LogP contribution in [0.5, 0.6) is 0 Å². The zero-order valence-electron chi connectivity index (χ0n) is 24.7. The smallest absolute Gasteiger partial charge is 0.246 e. The van der Waals surface area contributed by atoms with E-state index in [0.29, 0.717) is 62.0 Å². The predicted molar refractivity (Wildman–Crippen MR) is 150 cm³/mol. The molecule has 0 unspecified atom stereocenters. The van der Waals surface area contributed by atoms with Gasteiger partial charge in [0.05, 0.1) is 0 Å². The molecule has 6 N–H and O–H groups in total. The molecule has 0 fully saturated rings. The second-order valence-electron chi connectivity index (χ2n) is 9.88. The highest BCUT2D eigenvalue weighted by Gasteiger charge is 2.14. The van der Waals surface area contributed by atoms with Crippen LogP contribution in [0.15, 0.2) is 0 Å². The van der Waals surface area contributed by atoms with Crippen molar-refractivity contribution in [3.8, 4) is 0 Å². The number of unbranched alkanes of at least 4 members (excludes halogenated alkanes) is 6. The Labute approximate surface area is 242 Å². The van der Waals surface area contributed by atoms with Gasteiger partial charge in [-0.3, -0.25) is 39.2 Å². The molecule has 0 saturated carbocycles. The molecular weight excluding hydrogens is 536 g/mol. The molecule has 0 rings (SSSR count). The van der Waals surface area contributed by atoms with Crippen molar-refractivity contribution in [3.05, 3.63) is 0 Å². The minimum Gasteiger partial charge on any atom is -0.356 e. The van der Waals surface area contributed by atoms with Crippen LogP contribution in [0.2, 0.25) is 0 Å². The average Bonchev–Trinajstić information content (AvgIpc) is 2.92. The summed E-state index contributed by atoms with van der Waals surface area (Å²) in [5.74, 6) is -1.78. The van der Waals surface area contributed by atoms with Crippen LogP contribution in [0.3, 0.4) is 0 Å². The number of carbonyl (C=O) groups is 6. The maximum atomic E-state index is 12.0. The van der Waals surface area contributed by atoms with E-state index in [4.69, 9.17) is 0 Å². The molecule has 6 amide bonds. The molecule has 0 radical (unpaired) electrons.